The molecule has 3 nitrogen and oxygen atoms in total. The highest BCUT2D eigenvalue weighted by molar-refractivity contribution is 5.86. The van der Waals surface area contributed by atoms with Crippen LogP contribution in [0.4, 0.5) is 0 Å². The summed E-state index contributed by atoms with van der Waals surface area (Å²) in [5.74, 6) is -0.924. The topological polar surface area (TPSA) is 49.3 Å². The lowest BCUT2D eigenvalue weighted by atomic mass is 10.0. The smallest absolute Gasteiger partial charge is 0.351 e. The summed E-state index contributed by atoms with van der Waals surface area (Å²) in [7, 11) is 0. The number of hydrogen-bond donors (Lipinski definition) is 2. The van der Waals surface area contributed by atoms with Gasteiger partial charge in [-0.1, -0.05) is 42.5 Å². The Morgan fingerprint density at radius 3 is 2.75 bits per heavy atom. The first-order valence-electron chi connectivity index (χ1n) is 5.19. The van der Waals surface area contributed by atoms with Gasteiger partial charge in [-0.2, -0.15) is 0 Å². The van der Waals surface area contributed by atoms with Crippen molar-refractivity contribution < 1.29 is 9.90 Å². The van der Waals surface area contributed by atoms with Crippen molar-refractivity contribution in [3.63, 3.8) is 0 Å². The van der Waals surface area contributed by atoms with E-state index in [-0.39, 0.29) is 11.7 Å². The minimum Gasteiger partial charge on any atom is -0.477 e. The van der Waals surface area contributed by atoms with Crippen LogP contribution in [-0.4, -0.2) is 11.1 Å². The van der Waals surface area contributed by atoms with E-state index < -0.39 is 5.97 Å². The fraction of sp³-hybridized carbons (Fsp3) is 0.154. The summed E-state index contributed by atoms with van der Waals surface area (Å²) in [6.07, 6.45) is 6.13. The number of hydrogen-bond acceptors (Lipinski definition) is 2. The third-order valence-electron chi connectivity index (χ3n) is 2.53. The van der Waals surface area contributed by atoms with Crippen molar-refractivity contribution in [3.05, 3.63) is 59.8 Å². The molecule has 0 spiro atoms. The molecule has 16 heavy (non-hydrogen) atoms. The van der Waals surface area contributed by atoms with Crippen LogP contribution in [0.25, 0.3) is 0 Å². The van der Waals surface area contributed by atoms with Crippen molar-refractivity contribution in [3.8, 4) is 0 Å². The zero-order valence-corrected chi connectivity index (χ0v) is 8.76. The van der Waals surface area contributed by atoms with Gasteiger partial charge in [0.15, 0.2) is 0 Å². The molecule has 1 aromatic rings. The normalized spacial score (nSPS) is 19.5. The van der Waals surface area contributed by atoms with Gasteiger partial charge in [0.1, 0.15) is 5.70 Å². The van der Waals surface area contributed by atoms with E-state index in [1.54, 1.807) is 12.2 Å². The van der Waals surface area contributed by atoms with Crippen LogP contribution in [0.15, 0.2) is 54.3 Å². The molecule has 0 aliphatic carbocycles. The quantitative estimate of drug-likeness (QED) is 0.795. The Bertz CT molecular complexity index is 435. The Hall–Kier alpha value is -2.03. The lowest BCUT2D eigenvalue weighted by Gasteiger charge is -2.17. The number of rotatable bonds is 2. The van der Waals surface area contributed by atoms with Crippen LogP contribution in [0.1, 0.15) is 18.0 Å². The minimum absolute atomic E-state index is 0.0299. The Balaban J connectivity index is 2.22. The van der Waals surface area contributed by atoms with Crippen LogP contribution in [0.2, 0.25) is 0 Å². The number of nitrogens with one attached hydrogen (secondary N) is 1. The van der Waals surface area contributed by atoms with Gasteiger partial charge in [-0.15, -0.1) is 0 Å². The van der Waals surface area contributed by atoms with Gasteiger partial charge in [-0.25, -0.2) is 4.79 Å². The molecule has 1 aliphatic heterocycles. The minimum atomic E-state index is -0.924. The first-order chi connectivity index (χ1) is 7.77. The molecule has 3 heteroatoms. The van der Waals surface area contributed by atoms with Crippen LogP contribution in [-0.2, 0) is 4.79 Å². The van der Waals surface area contributed by atoms with Crippen molar-refractivity contribution >= 4 is 5.97 Å². The van der Waals surface area contributed by atoms with Crippen LogP contribution < -0.4 is 5.32 Å². The first kappa shape index (κ1) is 10.5. The Morgan fingerprint density at radius 2 is 2.06 bits per heavy atom. The highest BCUT2D eigenvalue weighted by atomic mass is 16.4. The second kappa shape index (κ2) is 4.66. The van der Waals surface area contributed by atoms with Crippen LogP contribution in [0.5, 0.6) is 0 Å². The molecule has 1 unspecified atom stereocenters. The molecular formula is C13H13NO2. The van der Waals surface area contributed by atoms with Crippen molar-refractivity contribution in [2.24, 2.45) is 0 Å². The lowest BCUT2D eigenvalue weighted by Crippen LogP contribution is -2.24. The highest BCUT2D eigenvalue weighted by Gasteiger charge is 2.16. The van der Waals surface area contributed by atoms with Gasteiger partial charge in [-0.05, 0) is 18.1 Å². The van der Waals surface area contributed by atoms with E-state index in [2.05, 4.69) is 5.32 Å². The molecule has 1 atom stereocenters. The predicted octanol–water partition coefficient (Wildman–Crippen LogP) is 2.25. The van der Waals surface area contributed by atoms with Gasteiger partial charge >= 0.3 is 5.97 Å². The second-order valence-electron chi connectivity index (χ2n) is 3.66. The maximum absolute atomic E-state index is 10.9. The van der Waals surface area contributed by atoms with E-state index in [9.17, 15) is 4.79 Å². The summed E-state index contributed by atoms with van der Waals surface area (Å²) in [5.41, 5.74) is 1.34. The van der Waals surface area contributed by atoms with Gasteiger partial charge < -0.3 is 10.4 Å². The molecule has 0 amide bonds. The standard InChI is InChI=1S/C13H13NO2/c15-13(16)12-9-5-4-8-11(14-12)10-6-2-1-3-7-10/h1-7,9,11,14H,8H2,(H,15,16). The highest BCUT2D eigenvalue weighted by Crippen LogP contribution is 2.20. The molecule has 1 heterocycles. The maximum atomic E-state index is 10.9. The van der Waals surface area contributed by atoms with Crippen molar-refractivity contribution in [1.29, 1.82) is 0 Å². The number of carboxylic acids is 1. The molecule has 0 saturated carbocycles. The van der Waals surface area contributed by atoms with E-state index in [0.29, 0.717) is 0 Å². The molecule has 0 fully saturated rings. The van der Waals surface area contributed by atoms with E-state index in [0.717, 1.165) is 12.0 Å². The fourth-order valence-corrected chi connectivity index (χ4v) is 1.71. The SMILES string of the molecule is O=C(O)C1=CC=CCC(c2ccccc2)N1. The van der Waals surface area contributed by atoms with Crippen molar-refractivity contribution in [2.75, 3.05) is 0 Å². The average Bonchev–Trinajstić information content (AvgIpc) is 2.56. The van der Waals surface area contributed by atoms with E-state index in [1.807, 2.05) is 36.4 Å². The molecule has 82 valence electrons. The summed E-state index contributed by atoms with van der Waals surface area (Å²) in [5, 5.41) is 12.0. The van der Waals surface area contributed by atoms with Crippen molar-refractivity contribution in [2.45, 2.75) is 12.5 Å². The predicted molar refractivity (Wildman–Crippen MR) is 61.8 cm³/mol. The number of allylic oxidation sites excluding steroid dienone is 2. The van der Waals surface area contributed by atoms with Gasteiger partial charge in [0.25, 0.3) is 0 Å². The molecule has 0 aromatic heterocycles. The molecule has 2 N–H and O–H groups in total. The third-order valence-corrected chi connectivity index (χ3v) is 2.53. The van der Waals surface area contributed by atoms with Crippen LogP contribution in [0, 0.1) is 0 Å². The van der Waals surface area contributed by atoms with Crippen LogP contribution >= 0.6 is 0 Å². The van der Waals surface area contributed by atoms with E-state index >= 15 is 0 Å². The molecule has 0 radical (unpaired) electrons. The summed E-state index contributed by atoms with van der Waals surface area (Å²) in [4.78, 5) is 10.9. The molecule has 0 saturated heterocycles. The number of carbonyl (C=O) groups is 1. The van der Waals surface area contributed by atoms with Crippen molar-refractivity contribution in [1.82, 2.24) is 5.32 Å². The number of benzene rings is 1. The largest absolute Gasteiger partial charge is 0.477 e. The van der Waals surface area contributed by atoms with Gasteiger partial charge in [-0.3, -0.25) is 0 Å². The molecular weight excluding hydrogens is 202 g/mol. The summed E-state index contributed by atoms with van der Waals surface area (Å²) >= 11 is 0. The summed E-state index contributed by atoms with van der Waals surface area (Å²) < 4.78 is 0. The van der Waals surface area contributed by atoms with Gasteiger partial charge in [0.05, 0.1) is 6.04 Å². The second-order valence-corrected chi connectivity index (χ2v) is 3.66. The Labute approximate surface area is 94.1 Å². The van der Waals surface area contributed by atoms with E-state index in [1.165, 1.54) is 0 Å². The molecule has 1 aliphatic rings. The fourth-order valence-electron chi connectivity index (χ4n) is 1.71. The van der Waals surface area contributed by atoms with Gasteiger partial charge in [0.2, 0.25) is 0 Å². The number of aliphatic carboxylic acids is 1. The Morgan fingerprint density at radius 1 is 1.31 bits per heavy atom. The summed E-state index contributed by atoms with van der Waals surface area (Å²) in [6.45, 7) is 0. The van der Waals surface area contributed by atoms with E-state index in [4.69, 9.17) is 5.11 Å². The zero-order chi connectivity index (χ0) is 11.4. The lowest BCUT2D eigenvalue weighted by molar-refractivity contribution is -0.133. The average molecular weight is 215 g/mol. The first-order valence-corrected chi connectivity index (χ1v) is 5.19. The molecule has 2 rings (SSSR count). The van der Waals surface area contributed by atoms with Gasteiger partial charge in [0, 0.05) is 0 Å². The molecule has 0 bridgehead atoms. The molecule has 1 aromatic carbocycles. The third kappa shape index (κ3) is 2.31. The monoisotopic (exact) mass is 215 g/mol. The number of carboxylic acid groups (broad SMARTS) is 1. The van der Waals surface area contributed by atoms with Crippen LogP contribution in [0.3, 0.4) is 0 Å². The maximum Gasteiger partial charge on any atom is 0.351 e. The Kier molecular flexibility index (Phi) is 3.05. The zero-order valence-electron chi connectivity index (χ0n) is 8.76. The summed E-state index contributed by atoms with van der Waals surface area (Å²) in [6, 6.07) is 9.88.